The first-order valence-electron chi connectivity index (χ1n) is 8.54. The molecule has 1 aromatic rings. The first-order valence-corrected chi connectivity index (χ1v) is 8.54. The van der Waals surface area contributed by atoms with Crippen LogP contribution in [0.3, 0.4) is 0 Å². The lowest BCUT2D eigenvalue weighted by Gasteiger charge is -2.08. The second-order valence-electron chi connectivity index (χ2n) is 6.32. The Balaban J connectivity index is 2.13. The van der Waals surface area contributed by atoms with Crippen molar-refractivity contribution < 1.29 is 19.4 Å². The van der Waals surface area contributed by atoms with Crippen molar-refractivity contribution in [3.63, 3.8) is 0 Å². The molecule has 0 heterocycles. The van der Waals surface area contributed by atoms with Crippen molar-refractivity contribution in [2.24, 2.45) is 5.92 Å². The summed E-state index contributed by atoms with van der Waals surface area (Å²) in [6, 6.07) is 5.12. The van der Waals surface area contributed by atoms with E-state index in [0.717, 1.165) is 24.3 Å². The van der Waals surface area contributed by atoms with Crippen LogP contribution in [0.2, 0.25) is 0 Å². The lowest BCUT2D eigenvalue weighted by Crippen LogP contribution is -2.07. The van der Waals surface area contributed by atoms with Crippen molar-refractivity contribution in [1.82, 2.24) is 0 Å². The quantitative estimate of drug-likeness (QED) is 0.482. The van der Waals surface area contributed by atoms with E-state index in [9.17, 15) is 9.90 Å². The zero-order chi connectivity index (χ0) is 17.1. The summed E-state index contributed by atoms with van der Waals surface area (Å²) in [6.45, 7) is 5.00. The lowest BCUT2D eigenvalue weighted by molar-refractivity contribution is -0.143. The van der Waals surface area contributed by atoms with Crippen LogP contribution in [0.5, 0.6) is 11.5 Å². The number of rotatable bonds is 11. The molecule has 1 rings (SSSR count). The highest BCUT2D eigenvalue weighted by molar-refractivity contribution is 5.69. The zero-order valence-electron chi connectivity index (χ0n) is 14.6. The average Bonchev–Trinajstić information content (AvgIpc) is 2.52. The van der Waals surface area contributed by atoms with E-state index in [1.165, 1.54) is 26.4 Å². The van der Waals surface area contributed by atoms with E-state index in [4.69, 9.17) is 9.47 Å². The Bertz CT molecular complexity index is 468. The molecule has 0 bridgehead atoms. The van der Waals surface area contributed by atoms with Crippen LogP contribution >= 0.6 is 0 Å². The SMILES string of the molecule is COc1cc(CCC(=O)OCCCCCCC(C)C)ccc1O. The second kappa shape index (κ2) is 10.9. The highest BCUT2D eigenvalue weighted by Gasteiger charge is 2.07. The second-order valence-corrected chi connectivity index (χ2v) is 6.32. The van der Waals surface area contributed by atoms with E-state index in [0.29, 0.717) is 25.2 Å². The van der Waals surface area contributed by atoms with Gasteiger partial charge in [-0.1, -0.05) is 45.6 Å². The fourth-order valence-corrected chi connectivity index (χ4v) is 2.39. The first-order chi connectivity index (χ1) is 11.0. The van der Waals surface area contributed by atoms with Gasteiger partial charge < -0.3 is 14.6 Å². The summed E-state index contributed by atoms with van der Waals surface area (Å²) in [5.41, 5.74) is 0.949. The van der Waals surface area contributed by atoms with Crippen molar-refractivity contribution >= 4 is 5.97 Å². The van der Waals surface area contributed by atoms with Gasteiger partial charge in [0.25, 0.3) is 0 Å². The molecule has 0 saturated heterocycles. The fraction of sp³-hybridized carbons (Fsp3) is 0.632. The maximum atomic E-state index is 11.7. The third-order valence-corrected chi connectivity index (χ3v) is 3.80. The molecule has 0 aliphatic rings. The maximum Gasteiger partial charge on any atom is 0.306 e. The third-order valence-electron chi connectivity index (χ3n) is 3.80. The number of ether oxygens (including phenoxy) is 2. The van der Waals surface area contributed by atoms with E-state index in [1.54, 1.807) is 18.2 Å². The molecule has 0 spiro atoms. The Morgan fingerprint density at radius 2 is 1.91 bits per heavy atom. The minimum atomic E-state index is -0.167. The predicted octanol–water partition coefficient (Wildman–Crippen LogP) is 4.48. The average molecular weight is 322 g/mol. The predicted molar refractivity (Wildman–Crippen MR) is 91.9 cm³/mol. The molecular weight excluding hydrogens is 292 g/mol. The summed E-state index contributed by atoms with van der Waals surface area (Å²) in [4.78, 5) is 11.7. The van der Waals surface area contributed by atoms with Gasteiger partial charge >= 0.3 is 5.97 Å². The summed E-state index contributed by atoms with van der Waals surface area (Å²) < 4.78 is 10.3. The van der Waals surface area contributed by atoms with Gasteiger partial charge in [0.2, 0.25) is 0 Å². The molecule has 1 aromatic carbocycles. The smallest absolute Gasteiger partial charge is 0.306 e. The van der Waals surface area contributed by atoms with Gasteiger partial charge in [0.15, 0.2) is 11.5 Å². The van der Waals surface area contributed by atoms with Crippen LogP contribution < -0.4 is 4.74 Å². The number of methoxy groups -OCH3 is 1. The molecule has 0 atom stereocenters. The van der Waals surface area contributed by atoms with Crippen LogP contribution in [-0.4, -0.2) is 24.8 Å². The Kier molecular flexibility index (Phi) is 9.18. The number of phenols is 1. The topological polar surface area (TPSA) is 55.8 Å². The van der Waals surface area contributed by atoms with Crippen molar-refractivity contribution in [2.75, 3.05) is 13.7 Å². The normalized spacial score (nSPS) is 10.8. The molecule has 0 aliphatic carbocycles. The van der Waals surface area contributed by atoms with Crippen LogP contribution in [0.4, 0.5) is 0 Å². The summed E-state index contributed by atoms with van der Waals surface area (Å²) in [7, 11) is 1.51. The maximum absolute atomic E-state index is 11.7. The molecule has 4 heteroatoms. The van der Waals surface area contributed by atoms with Crippen molar-refractivity contribution in [1.29, 1.82) is 0 Å². The summed E-state index contributed by atoms with van der Waals surface area (Å²) in [6.07, 6.45) is 6.74. The van der Waals surface area contributed by atoms with Crippen LogP contribution in [0.25, 0.3) is 0 Å². The number of benzene rings is 1. The van der Waals surface area contributed by atoms with E-state index < -0.39 is 0 Å². The molecule has 4 nitrogen and oxygen atoms in total. The van der Waals surface area contributed by atoms with Gasteiger partial charge in [-0.2, -0.15) is 0 Å². The van der Waals surface area contributed by atoms with Gasteiger partial charge in [-0.3, -0.25) is 4.79 Å². The summed E-state index contributed by atoms with van der Waals surface area (Å²) in [5.74, 6) is 1.14. The van der Waals surface area contributed by atoms with E-state index >= 15 is 0 Å². The Morgan fingerprint density at radius 3 is 2.61 bits per heavy atom. The first kappa shape index (κ1) is 19.3. The van der Waals surface area contributed by atoms with E-state index in [1.807, 2.05) is 0 Å². The van der Waals surface area contributed by atoms with Gasteiger partial charge in [-0.05, 0) is 36.5 Å². The number of esters is 1. The zero-order valence-corrected chi connectivity index (χ0v) is 14.6. The fourth-order valence-electron chi connectivity index (χ4n) is 2.39. The Hall–Kier alpha value is -1.71. The number of hydrogen-bond donors (Lipinski definition) is 1. The standard InChI is InChI=1S/C19H30O4/c1-15(2)8-6-4-5-7-13-23-19(21)12-10-16-9-11-17(20)18(14-16)22-3/h9,11,14-15,20H,4-8,10,12-13H2,1-3H3. The molecule has 130 valence electrons. The van der Waals surface area contributed by atoms with Gasteiger partial charge in [0.1, 0.15) is 0 Å². The molecule has 0 saturated carbocycles. The molecule has 0 aromatic heterocycles. The highest BCUT2D eigenvalue weighted by Crippen LogP contribution is 2.26. The monoisotopic (exact) mass is 322 g/mol. The summed E-state index contributed by atoms with van der Waals surface area (Å²) >= 11 is 0. The van der Waals surface area contributed by atoms with Crippen molar-refractivity contribution in [3.8, 4) is 11.5 Å². The molecule has 0 unspecified atom stereocenters. The number of phenolic OH excluding ortho intramolecular Hbond substituents is 1. The number of carbonyl (C=O) groups is 1. The Morgan fingerprint density at radius 1 is 1.17 bits per heavy atom. The van der Waals surface area contributed by atoms with Gasteiger partial charge in [-0.15, -0.1) is 0 Å². The molecule has 1 N–H and O–H groups in total. The van der Waals surface area contributed by atoms with Gasteiger partial charge in [-0.25, -0.2) is 0 Å². The van der Waals surface area contributed by atoms with E-state index in [-0.39, 0.29) is 11.7 Å². The molecule has 0 fully saturated rings. The lowest BCUT2D eigenvalue weighted by atomic mass is 10.0. The molecule has 0 amide bonds. The summed E-state index contributed by atoms with van der Waals surface area (Å²) in [5, 5.41) is 9.53. The minimum Gasteiger partial charge on any atom is -0.504 e. The van der Waals surface area contributed by atoms with Crippen LogP contribution in [-0.2, 0) is 16.0 Å². The van der Waals surface area contributed by atoms with E-state index in [2.05, 4.69) is 13.8 Å². The van der Waals surface area contributed by atoms with Crippen LogP contribution in [0.15, 0.2) is 18.2 Å². The number of aryl methyl sites for hydroxylation is 1. The van der Waals surface area contributed by atoms with Gasteiger partial charge in [0.05, 0.1) is 13.7 Å². The van der Waals surface area contributed by atoms with Crippen molar-refractivity contribution in [3.05, 3.63) is 23.8 Å². The Labute approximate surface area is 139 Å². The minimum absolute atomic E-state index is 0.108. The number of hydrogen-bond acceptors (Lipinski definition) is 4. The molecule has 23 heavy (non-hydrogen) atoms. The number of carbonyl (C=O) groups excluding carboxylic acids is 1. The van der Waals surface area contributed by atoms with Crippen LogP contribution in [0.1, 0.15) is 57.9 Å². The largest absolute Gasteiger partial charge is 0.504 e. The highest BCUT2D eigenvalue weighted by atomic mass is 16.5. The van der Waals surface area contributed by atoms with Crippen molar-refractivity contribution in [2.45, 2.75) is 58.8 Å². The van der Waals surface area contributed by atoms with Gasteiger partial charge in [0, 0.05) is 6.42 Å². The molecule has 0 aliphatic heterocycles. The molecular formula is C19H30O4. The number of unbranched alkanes of at least 4 members (excludes halogenated alkanes) is 3. The third kappa shape index (κ3) is 8.48. The van der Waals surface area contributed by atoms with Crippen LogP contribution in [0, 0.1) is 5.92 Å². The molecule has 0 radical (unpaired) electrons. The number of aromatic hydroxyl groups is 1.